The van der Waals surface area contributed by atoms with E-state index >= 15 is 0 Å². The number of aromatic amines is 1. The molecule has 0 aliphatic carbocycles. The van der Waals surface area contributed by atoms with E-state index in [0.29, 0.717) is 37.4 Å². The molecule has 8 heteroatoms. The van der Waals surface area contributed by atoms with Crippen molar-refractivity contribution in [3.05, 3.63) is 36.0 Å². The Balaban J connectivity index is 1.67. The molecule has 31 heavy (non-hydrogen) atoms. The van der Waals surface area contributed by atoms with E-state index in [4.69, 9.17) is 0 Å². The summed E-state index contributed by atoms with van der Waals surface area (Å²) in [5.41, 5.74) is 1.25. The van der Waals surface area contributed by atoms with Crippen molar-refractivity contribution in [3.63, 3.8) is 0 Å². The SMILES string of the molecule is CC(C)CC[C@@H](NC(=O)c1cc2ccccc2[nH]1)C(=O)N[C@H](CO)C[C@@H]1CCNC1=O. The van der Waals surface area contributed by atoms with Crippen molar-refractivity contribution in [2.24, 2.45) is 11.8 Å². The summed E-state index contributed by atoms with van der Waals surface area (Å²) < 4.78 is 0. The molecule has 0 spiro atoms. The van der Waals surface area contributed by atoms with Gasteiger partial charge in [-0.15, -0.1) is 0 Å². The van der Waals surface area contributed by atoms with E-state index in [1.807, 2.05) is 24.3 Å². The van der Waals surface area contributed by atoms with Gasteiger partial charge in [0.25, 0.3) is 5.91 Å². The van der Waals surface area contributed by atoms with E-state index in [1.54, 1.807) is 6.07 Å². The minimum absolute atomic E-state index is 0.0452. The largest absolute Gasteiger partial charge is 0.394 e. The molecule has 8 nitrogen and oxygen atoms in total. The highest BCUT2D eigenvalue weighted by atomic mass is 16.3. The zero-order chi connectivity index (χ0) is 22.4. The van der Waals surface area contributed by atoms with Gasteiger partial charge >= 0.3 is 0 Å². The van der Waals surface area contributed by atoms with E-state index in [9.17, 15) is 19.5 Å². The average Bonchev–Trinajstić information content (AvgIpc) is 3.36. The first kappa shape index (κ1) is 22.8. The van der Waals surface area contributed by atoms with Crippen LogP contribution in [0.5, 0.6) is 0 Å². The molecule has 1 fully saturated rings. The monoisotopic (exact) mass is 428 g/mol. The second-order valence-electron chi connectivity index (χ2n) is 8.67. The molecule has 3 amide bonds. The van der Waals surface area contributed by atoms with Gasteiger partial charge in [-0.3, -0.25) is 14.4 Å². The summed E-state index contributed by atoms with van der Waals surface area (Å²) in [5.74, 6) is -0.585. The maximum absolute atomic E-state index is 13.0. The average molecular weight is 429 g/mol. The Morgan fingerprint density at radius 3 is 2.61 bits per heavy atom. The van der Waals surface area contributed by atoms with Gasteiger partial charge in [0, 0.05) is 23.4 Å². The molecule has 0 bridgehead atoms. The first-order valence-electron chi connectivity index (χ1n) is 10.9. The fraction of sp³-hybridized carbons (Fsp3) is 0.522. The van der Waals surface area contributed by atoms with E-state index in [2.05, 4.69) is 34.8 Å². The molecule has 3 atom stereocenters. The number of hydrogen-bond acceptors (Lipinski definition) is 4. The Hall–Kier alpha value is -2.87. The maximum Gasteiger partial charge on any atom is 0.268 e. The van der Waals surface area contributed by atoms with E-state index in [0.717, 1.165) is 17.3 Å². The number of aromatic nitrogens is 1. The van der Waals surface area contributed by atoms with E-state index < -0.39 is 12.1 Å². The third kappa shape index (κ3) is 6.07. The maximum atomic E-state index is 13.0. The molecule has 0 saturated carbocycles. The Morgan fingerprint density at radius 1 is 1.19 bits per heavy atom. The van der Waals surface area contributed by atoms with Crippen molar-refractivity contribution in [1.29, 1.82) is 0 Å². The number of para-hydroxylation sites is 1. The molecular weight excluding hydrogens is 396 g/mol. The second-order valence-corrected chi connectivity index (χ2v) is 8.67. The van der Waals surface area contributed by atoms with Gasteiger partial charge in [-0.25, -0.2) is 0 Å². The Bertz CT molecular complexity index is 890. The topological polar surface area (TPSA) is 123 Å². The molecule has 1 aliphatic rings. The van der Waals surface area contributed by atoms with Gasteiger partial charge in [0.1, 0.15) is 11.7 Å². The Labute approximate surface area is 182 Å². The Kier molecular flexibility index (Phi) is 7.68. The van der Waals surface area contributed by atoms with Crippen molar-refractivity contribution >= 4 is 28.6 Å². The fourth-order valence-corrected chi connectivity index (χ4v) is 3.89. The van der Waals surface area contributed by atoms with Gasteiger partial charge in [0.2, 0.25) is 11.8 Å². The number of benzene rings is 1. The van der Waals surface area contributed by atoms with Gasteiger partial charge in [-0.2, -0.15) is 0 Å². The molecule has 0 unspecified atom stereocenters. The van der Waals surface area contributed by atoms with Crippen LogP contribution in [0.25, 0.3) is 10.9 Å². The minimum Gasteiger partial charge on any atom is -0.394 e. The van der Waals surface area contributed by atoms with Gasteiger partial charge in [0.15, 0.2) is 0 Å². The highest BCUT2D eigenvalue weighted by molar-refractivity contribution is 6.00. The number of aliphatic hydroxyl groups excluding tert-OH is 1. The third-order valence-corrected chi connectivity index (χ3v) is 5.73. The van der Waals surface area contributed by atoms with Crippen molar-refractivity contribution in [3.8, 4) is 0 Å². The Morgan fingerprint density at radius 2 is 1.97 bits per heavy atom. The highest BCUT2D eigenvalue weighted by Crippen LogP contribution is 2.17. The number of H-pyrrole nitrogens is 1. The van der Waals surface area contributed by atoms with Crippen LogP contribution in [0, 0.1) is 11.8 Å². The van der Waals surface area contributed by atoms with Gasteiger partial charge in [0.05, 0.1) is 12.6 Å². The van der Waals surface area contributed by atoms with Crippen molar-refractivity contribution in [2.75, 3.05) is 13.2 Å². The molecule has 3 rings (SSSR count). The number of aliphatic hydroxyl groups is 1. The van der Waals surface area contributed by atoms with E-state index in [-0.39, 0.29) is 30.2 Å². The van der Waals surface area contributed by atoms with Crippen LogP contribution < -0.4 is 16.0 Å². The van der Waals surface area contributed by atoms with Gasteiger partial charge in [-0.05, 0) is 43.7 Å². The summed E-state index contributed by atoms with van der Waals surface area (Å²) in [6, 6.07) is 8.09. The standard InChI is InChI=1S/C23H32N4O4/c1-14(2)7-8-19(22(30)25-17(13-28)11-16-9-10-24-21(16)29)27-23(31)20-12-15-5-3-4-6-18(15)26-20/h3-6,12,14,16-17,19,26,28H,7-11,13H2,1-2H3,(H,24,29)(H,25,30)(H,27,31)/t16-,17-,19+/m0/s1. The second kappa shape index (κ2) is 10.4. The summed E-state index contributed by atoms with van der Waals surface area (Å²) in [5, 5.41) is 19.1. The minimum atomic E-state index is -0.729. The number of carbonyl (C=O) groups is 3. The van der Waals surface area contributed by atoms with Crippen LogP contribution in [0.1, 0.15) is 50.0 Å². The first-order valence-corrected chi connectivity index (χ1v) is 10.9. The van der Waals surface area contributed by atoms with Crippen LogP contribution in [-0.4, -0.2) is 53.0 Å². The normalized spacial score (nSPS) is 18.1. The lowest BCUT2D eigenvalue weighted by atomic mass is 9.98. The number of hydrogen-bond donors (Lipinski definition) is 5. The smallest absolute Gasteiger partial charge is 0.268 e. The van der Waals surface area contributed by atoms with Gasteiger partial charge in [-0.1, -0.05) is 32.0 Å². The van der Waals surface area contributed by atoms with E-state index in [1.165, 1.54) is 0 Å². The van der Waals surface area contributed by atoms with Crippen LogP contribution >= 0.6 is 0 Å². The summed E-state index contributed by atoms with van der Waals surface area (Å²) in [6.45, 7) is 4.48. The van der Waals surface area contributed by atoms with Crippen molar-refractivity contribution in [1.82, 2.24) is 20.9 Å². The molecule has 5 N–H and O–H groups in total. The highest BCUT2D eigenvalue weighted by Gasteiger charge is 2.29. The van der Waals surface area contributed by atoms with Crippen LogP contribution in [0.3, 0.4) is 0 Å². The quantitative estimate of drug-likeness (QED) is 0.395. The molecular formula is C23H32N4O4. The summed E-state index contributed by atoms with van der Waals surface area (Å²) in [4.78, 5) is 40.7. The summed E-state index contributed by atoms with van der Waals surface area (Å²) in [7, 11) is 0. The molecule has 1 saturated heterocycles. The molecule has 1 aromatic carbocycles. The van der Waals surface area contributed by atoms with Crippen molar-refractivity contribution < 1.29 is 19.5 Å². The van der Waals surface area contributed by atoms with Crippen LogP contribution in [-0.2, 0) is 9.59 Å². The molecule has 2 heterocycles. The predicted molar refractivity (Wildman–Crippen MR) is 118 cm³/mol. The lowest BCUT2D eigenvalue weighted by Gasteiger charge is -2.24. The number of rotatable bonds is 10. The third-order valence-electron chi connectivity index (χ3n) is 5.73. The summed E-state index contributed by atoms with van der Waals surface area (Å²) >= 11 is 0. The zero-order valence-corrected chi connectivity index (χ0v) is 18.1. The lowest BCUT2D eigenvalue weighted by Crippen LogP contribution is -2.51. The van der Waals surface area contributed by atoms with Crippen LogP contribution in [0.15, 0.2) is 30.3 Å². The molecule has 1 aliphatic heterocycles. The molecule has 168 valence electrons. The van der Waals surface area contributed by atoms with Gasteiger partial charge < -0.3 is 26.0 Å². The molecule has 0 radical (unpaired) electrons. The zero-order valence-electron chi connectivity index (χ0n) is 18.1. The van der Waals surface area contributed by atoms with Crippen molar-refractivity contribution in [2.45, 2.75) is 51.6 Å². The van der Waals surface area contributed by atoms with Crippen LogP contribution in [0.2, 0.25) is 0 Å². The first-order chi connectivity index (χ1) is 14.9. The number of amides is 3. The predicted octanol–water partition coefficient (Wildman–Crippen LogP) is 1.71. The number of fused-ring (bicyclic) bond motifs is 1. The van der Waals surface area contributed by atoms with Crippen LogP contribution in [0.4, 0.5) is 0 Å². The molecule has 1 aromatic heterocycles. The number of nitrogens with one attached hydrogen (secondary N) is 4. The number of carbonyl (C=O) groups excluding carboxylic acids is 3. The summed E-state index contributed by atoms with van der Waals surface area (Å²) in [6.07, 6.45) is 2.32. The fourth-order valence-electron chi connectivity index (χ4n) is 3.89. The lowest BCUT2D eigenvalue weighted by molar-refractivity contribution is -0.126. The molecule has 2 aromatic rings.